The van der Waals surface area contributed by atoms with Gasteiger partial charge in [0.05, 0.1) is 6.04 Å². The zero-order chi connectivity index (χ0) is 10.3. The second-order valence-electron chi connectivity index (χ2n) is 3.26. The van der Waals surface area contributed by atoms with Crippen LogP contribution in [0.5, 0.6) is 0 Å². The summed E-state index contributed by atoms with van der Waals surface area (Å²) in [6.45, 7) is 4.02. The molecule has 0 heterocycles. The van der Waals surface area contributed by atoms with E-state index in [1.165, 1.54) is 0 Å². The highest BCUT2D eigenvalue weighted by atomic mass is 32.2. The van der Waals surface area contributed by atoms with E-state index in [1.54, 1.807) is 11.8 Å². The van der Waals surface area contributed by atoms with Gasteiger partial charge in [-0.05, 0) is 19.6 Å². The van der Waals surface area contributed by atoms with Gasteiger partial charge in [-0.2, -0.15) is 11.8 Å². The monoisotopic (exact) mass is 204 g/mol. The molecule has 0 fully saturated rings. The number of carbonyl (C=O) groups excluding carboxylic acids is 1. The molecule has 0 aliphatic heterocycles. The Morgan fingerprint density at radius 1 is 1.62 bits per heavy atom. The number of hydrogen-bond acceptors (Lipinski definition) is 3. The van der Waals surface area contributed by atoms with Crippen LogP contribution in [0.15, 0.2) is 0 Å². The van der Waals surface area contributed by atoms with Crippen LogP contribution < -0.4 is 11.1 Å². The van der Waals surface area contributed by atoms with E-state index in [2.05, 4.69) is 5.32 Å². The molecule has 13 heavy (non-hydrogen) atoms. The van der Waals surface area contributed by atoms with Gasteiger partial charge in [-0.1, -0.05) is 13.3 Å². The predicted octanol–water partition coefficient (Wildman–Crippen LogP) is 0.981. The highest BCUT2D eigenvalue weighted by Gasteiger charge is 2.13. The highest BCUT2D eigenvalue weighted by Crippen LogP contribution is 1.98. The van der Waals surface area contributed by atoms with E-state index in [9.17, 15) is 4.79 Å². The van der Waals surface area contributed by atoms with E-state index in [0.717, 1.165) is 18.6 Å². The van der Waals surface area contributed by atoms with Crippen LogP contribution in [0.4, 0.5) is 0 Å². The number of rotatable bonds is 6. The number of thioether (sulfide) groups is 1. The van der Waals surface area contributed by atoms with Gasteiger partial charge in [0.2, 0.25) is 5.91 Å². The van der Waals surface area contributed by atoms with Crippen molar-refractivity contribution in [3.8, 4) is 0 Å². The minimum absolute atomic E-state index is 0.0246. The molecule has 78 valence electrons. The molecule has 0 saturated heterocycles. The van der Waals surface area contributed by atoms with Gasteiger partial charge in [0.1, 0.15) is 0 Å². The number of nitrogens with two attached hydrogens (primary N) is 1. The molecule has 0 aliphatic rings. The van der Waals surface area contributed by atoms with Gasteiger partial charge >= 0.3 is 0 Å². The quantitative estimate of drug-likeness (QED) is 0.678. The summed E-state index contributed by atoms with van der Waals surface area (Å²) < 4.78 is 0. The van der Waals surface area contributed by atoms with Crippen LogP contribution in [0, 0.1) is 0 Å². The Bertz CT molecular complexity index is 153. The van der Waals surface area contributed by atoms with Gasteiger partial charge in [0.25, 0.3) is 0 Å². The fraction of sp³-hybridized carbons (Fsp3) is 0.889. The smallest absolute Gasteiger partial charge is 0.237 e. The van der Waals surface area contributed by atoms with Gasteiger partial charge < -0.3 is 11.1 Å². The minimum Gasteiger partial charge on any atom is -0.351 e. The molecule has 0 aromatic rings. The van der Waals surface area contributed by atoms with E-state index in [0.29, 0.717) is 0 Å². The lowest BCUT2D eigenvalue weighted by molar-refractivity contribution is -0.122. The predicted molar refractivity (Wildman–Crippen MR) is 58.9 cm³/mol. The molecule has 4 heteroatoms. The van der Waals surface area contributed by atoms with Gasteiger partial charge in [0.15, 0.2) is 0 Å². The summed E-state index contributed by atoms with van der Waals surface area (Å²) in [5, 5.41) is 2.88. The van der Waals surface area contributed by atoms with Crippen LogP contribution in [0.3, 0.4) is 0 Å². The lowest BCUT2D eigenvalue weighted by atomic mass is 10.1. The van der Waals surface area contributed by atoms with Crippen molar-refractivity contribution < 1.29 is 4.79 Å². The fourth-order valence-electron chi connectivity index (χ4n) is 1.08. The second kappa shape index (κ2) is 7.21. The molecular formula is C9H20N2OS. The van der Waals surface area contributed by atoms with Crippen LogP contribution in [-0.2, 0) is 4.79 Å². The molecule has 0 saturated carbocycles. The lowest BCUT2D eigenvalue weighted by Crippen LogP contribution is -2.45. The van der Waals surface area contributed by atoms with E-state index in [4.69, 9.17) is 5.73 Å². The van der Waals surface area contributed by atoms with E-state index in [-0.39, 0.29) is 18.0 Å². The van der Waals surface area contributed by atoms with Crippen molar-refractivity contribution in [2.75, 3.05) is 12.0 Å². The lowest BCUT2D eigenvalue weighted by Gasteiger charge is -2.16. The van der Waals surface area contributed by atoms with E-state index < -0.39 is 0 Å². The summed E-state index contributed by atoms with van der Waals surface area (Å²) in [6, 6.07) is -0.125. The summed E-state index contributed by atoms with van der Waals surface area (Å²) in [5.74, 6) is 0.910. The standard InChI is InChI=1S/C9H20N2OS/c1-4-5-8(10)9(12)11-7(2)6-13-3/h7-8H,4-6,10H2,1-3H3,(H,11,12). The van der Waals surface area contributed by atoms with Crippen molar-refractivity contribution in [2.45, 2.75) is 38.8 Å². The number of carbonyl (C=O) groups is 1. The molecule has 2 unspecified atom stereocenters. The molecule has 2 atom stereocenters. The maximum atomic E-state index is 11.4. The van der Waals surface area contributed by atoms with Crippen LogP contribution in [0.1, 0.15) is 26.7 Å². The molecule has 0 rings (SSSR count). The first-order chi connectivity index (χ1) is 6.11. The Labute approximate surface area is 84.8 Å². The second-order valence-corrected chi connectivity index (χ2v) is 4.17. The first-order valence-electron chi connectivity index (χ1n) is 4.66. The first-order valence-corrected chi connectivity index (χ1v) is 6.06. The Hall–Kier alpha value is -0.220. The maximum Gasteiger partial charge on any atom is 0.237 e. The summed E-state index contributed by atoms with van der Waals surface area (Å²) >= 11 is 1.72. The molecule has 3 N–H and O–H groups in total. The van der Waals surface area contributed by atoms with Crippen LogP contribution in [0.2, 0.25) is 0 Å². The average Bonchev–Trinajstić information content (AvgIpc) is 2.05. The SMILES string of the molecule is CCCC(N)C(=O)NC(C)CSC. The molecule has 0 radical (unpaired) electrons. The van der Waals surface area contributed by atoms with Gasteiger partial charge in [-0.3, -0.25) is 4.79 Å². The highest BCUT2D eigenvalue weighted by molar-refractivity contribution is 7.98. The average molecular weight is 204 g/mol. The van der Waals surface area contributed by atoms with E-state index in [1.807, 2.05) is 20.1 Å². The Kier molecular flexibility index (Phi) is 7.09. The van der Waals surface area contributed by atoms with Gasteiger partial charge in [-0.15, -0.1) is 0 Å². The van der Waals surface area contributed by atoms with Gasteiger partial charge in [0, 0.05) is 11.8 Å². The van der Waals surface area contributed by atoms with Crippen molar-refractivity contribution in [2.24, 2.45) is 5.73 Å². The maximum absolute atomic E-state index is 11.4. The molecule has 0 aromatic carbocycles. The molecule has 3 nitrogen and oxygen atoms in total. The summed E-state index contributed by atoms with van der Waals surface area (Å²) in [4.78, 5) is 11.4. The Morgan fingerprint density at radius 3 is 2.69 bits per heavy atom. The third-order valence-electron chi connectivity index (χ3n) is 1.74. The molecular weight excluding hydrogens is 184 g/mol. The first kappa shape index (κ1) is 12.8. The van der Waals surface area contributed by atoms with Crippen molar-refractivity contribution in [3.63, 3.8) is 0 Å². The zero-order valence-electron chi connectivity index (χ0n) is 8.67. The van der Waals surface area contributed by atoms with Gasteiger partial charge in [-0.25, -0.2) is 0 Å². The zero-order valence-corrected chi connectivity index (χ0v) is 9.49. The molecule has 0 aliphatic carbocycles. The number of nitrogens with one attached hydrogen (secondary N) is 1. The van der Waals surface area contributed by atoms with Crippen molar-refractivity contribution in [3.05, 3.63) is 0 Å². The summed E-state index contributed by atoms with van der Waals surface area (Å²) in [7, 11) is 0. The summed E-state index contributed by atoms with van der Waals surface area (Å²) in [6.07, 6.45) is 3.73. The largest absolute Gasteiger partial charge is 0.351 e. The van der Waals surface area contributed by atoms with Crippen molar-refractivity contribution >= 4 is 17.7 Å². The molecule has 0 spiro atoms. The minimum atomic E-state index is -0.339. The van der Waals surface area contributed by atoms with Crippen LogP contribution in [-0.4, -0.2) is 30.0 Å². The molecule has 0 aromatic heterocycles. The van der Waals surface area contributed by atoms with Crippen molar-refractivity contribution in [1.82, 2.24) is 5.32 Å². The van der Waals surface area contributed by atoms with E-state index >= 15 is 0 Å². The normalized spacial score (nSPS) is 15.1. The van der Waals surface area contributed by atoms with Crippen LogP contribution in [0.25, 0.3) is 0 Å². The number of hydrogen-bond donors (Lipinski definition) is 2. The van der Waals surface area contributed by atoms with Crippen LogP contribution >= 0.6 is 11.8 Å². The fourth-order valence-corrected chi connectivity index (χ4v) is 1.67. The molecule has 0 bridgehead atoms. The number of amides is 1. The Morgan fingerprint density at radius 2 is 2.23 bits per heavy atom. The summed E-state index contributed by atoms with van der Waals surface area (Å²) in [5.41, 5.74) is 5.65. The van der Waals surface area contributed by atoms with Crippen molar-refractivity contribution in [1.29, 1.82) is 0 Å². The topological polar surface area (TPSA) is 55.1 Å². The Balaban J connectivity index is 3.71. The third kappa shape index (κ3) is 5.93. The molecule has 1 amide bonds. The third-order valence-corrected chi connectivity index (χ3v) is 2.58.